The van der Waals surface area contributed by atoms with Gasteiger partial charge < -0.3 is 14.0 Å². The van der Waals surface area contributed by atoms with E-state index < -0.39 is 37.0 Å². The minimum Gasteiger partial charge on any atom is -0.398 e. The lowest BCUT2D eigenvalue weighted by atomic mass is 9.85. The summed E-state index contributed by atoms with van der Waals surface area (Å²) in [6, 6.07) is 0. The van der Waals surface area contributed by atoms with Crippen LogP contribution in [0.4, 0.5) is 0 Å². The van der Waals surface area contributed by atoms with E-state index in [0.29, 0.717) is 5.59 Å². The summed E-state index contributed by atoms with van der Waals surface area (Å²) in [7, 11) is -0.730. The maximum Gasteiger partial charge on any atom is 0.516 e. The molecule has 0 amide bonds. The quantitative estimate of drug-likeness (QED) is 0.777. The molecule has 5 nitrogen and oxygen atoms in total. The molecule has 3 heterocycles. The number of rotatable bonds is 2. The Morgan fingerprint density at radius 1 is 1.14 bits per heavy atom. The first-order chi connectivity index (χ1) is 11.7. The number of nitrogens with zero attached hydrogens (tertiary/aromatic N) is 2. The van der Waals surface area contributed by atoms with Gasteiger partial charge in [0.25, 0.3) is 0 Å². The predicted octanol–water partition coefficient (Wildman–Crippen LogP) is 1.67. The van der Waals surface area contributed by atoms with Crippen LogP contribution in [0.15, 0.2) is 12.4 Å². The second kappa shape index (κ2) is 5.34. The van der Waals surface area contributed by atoms with Gasteiger partial charge in [0.2, 0.25) is 0 Å². The van der Waals surface area contributed by atoms with Crippen molar-refractivity contribution in [2.75, 3.05) is 13.2 Å². The van der Waals surface area contributed by atoms with Gasteiger partial charge in [-0.2, -0.15) is 0 Å². The van der Waals surface area contributed by atoms with E-state index in [-0.39, 0.29) is 18.9 Å². The molecule has 0 saturated carbocycles. The molecule has 21 heavy (non-hydrogen) atoms. The maximum atomic E-state index is 8.58. The van der Waals surface area contributed by atoms with Gasteiger partial charge in [0.1, 0.15) is 0 Å². The van der Waals surface area contributed by atoms with E-state index in [9.17, 15) is 0 Å². The first-order valence-corrected chi connectivity index (χ1v) is 6.99. The Balaban J connectivity index is 1.93. The molecule has 6 heteroatoms. The third kappa shape index (κ3) is 2.85. The predicted molar refractivity (Wildman–Crippen MR) is 80.5 cm³/mol. The van der Waals surface area contributed by atoms with Crippen LogP contribution in [0, 0.1) is 0 Å². The van der Waals surface area contributed by atoms with Crippen molar-refractivity contribution < 1.29 is 20.9 Å². The van der Waals surface area contributed by atoms with Crippen molar-refractivity contribution >= 4 is 12.7 Å². The Hall–Kier alpha value is -0.975. The molecular formula is C15H23BN2O3. The Bertz CT molecular complexity index is 667. The summed E-state index contributed by atoms with van der Waals surface area (Å²) < 4.78 is 57.8. The normalized spacial score (nSPS) is 35.0. The third-order valence-electron chi connectivity index (χ3n) is 4.12. The van der Waals surface area contributed by atoms with Crippen molar-refractivity contribution in [2.45, 2.75) is 57.5 Å². The molecule has 0 bridgehead atoms. The highest BCUT2D eigenvalue weighted by molar-refractivity contribution is 6.61. The minimum absolute atomic E-state index is 0.0870. The van der Waals surface area contributed by atoms with Crippen molar-refractivity contribution in [2.24, 2.45) is 0 Å². The van der Waals surface area contributed by atoms with E-state index in [1.807, 2.05) is 27.7 Å². The van der Waals surface area contributed by atoms with Gasteiger partial charge in [0.05, 0.1) is 22.5 Å². The van der Waals surface area contributed by atoms with Gasteiger partial charge in [0.15, 0.2) is 0 Å². The van der Waals surface area contributed by atoms with Crippen LogP contribution in [0.2, 0.25) is 0 Å². The number of hydrogen-bond donors (Lipinski definition) is 0. The molecule has 2 aliphatic heterocycles. The van der Waals surface area contributed by atoms with E-state index in [1.165, 1.54) is 12.4 Å². The fourth-order valence-corrected chi connectivity index (χ4v) is 2.09. The zero-order valence-electron chi connectivity index (χ0n) is 17.8. The van der Waals surface area contributed by atoms with Crippen LogP contribution in [-0.4, -0.2) is 41.5 Å². The monoisotopic (exact) mass is 295 g/mol. The summed E-state index contributed by atoms with van der Waals surface area (Å²) in [5.74, 6) is -2.24. The lowest BCUT2D eigenvalue weighted by molar-refractivity contribution is 0.00578. The van der Waals surface area contributed by atoms with E-state index in [2.05, 4.69) is 9.97 Å². The zero-order valence-corrected chi connectivity index (χ0v) is 12.8. The fourth-order valence-electron chi connectivity index (χ4n) is 2.09. The Kier molecular flexibility index (Phi) is 2.52. The number of ether oxygens (including phenoxy) is 1. The van der Waals surface area contributed by atoms with Crippen LogP contribution in [0.3, 0.4) is 0 Å². The summed E-state index contributed by atoms with van der Waals surface area (Å²) in [5.41, 5.74) is -0.769. The van der Waals surface area contributed by atoms with E-state index >= 15 is 0 Å². The molecule has 0 aromatic carbocycles. The van der Waals surface area contributed by atoms with Crippen molar-refractivity contribution in [3.8, 4) is 0 Å². The van der Waals surface area contributed by atoms with Crippen LogP contribution < -0.4 is 5.59 Å². The lowest BCUT2D eigenvalue weighted by Gasteiger charge is -2.32. The summed E-state index contributed by atoms with van der Waals surface area (Å²) in [6.45, 7) is 6.90. The van der Waals surface area contributed by atoms with E-state index in [4.69, 9.17) is 20.9 Å². The molecule has 2 fully saturated rings. The van der Waals surface area contributed by atoms with Crippen molar-refractivity contribution in [1.29, 1.82) is 0 Å². The molecule has 0 unspecified atom stereocenters. The van der Waals surface area contributed by atoms with Gasteiger partial charge in [0, 0.05) is 38.4 Å². The zero-order chi connectivity index (χ0) is 19.6. The Morgan fingerprint density at radius 2 is 1.76 bits per heavy atom. The number of aromatic nitrogens is 2. The molecule has 1 aromatic heterocycles. The van der Waals surface area contributed by atoms with Gasteiger partial charge in [-0.1, -0.05) is 0 Å². The van der Waals surface area contributed by atoms with Crippen LogP contribution in [0.25, 0.3) is 0 Å². The van der Waals surface area contributed by atoms with Crippen molar-refractivity contribution in [1.82, 2.24) is 9.97 Å². The third-order valence-corrected chi connectivity index (χ3v) is 4.12. The molecule has 114 valence electrons. The summed E-state index contributed by atoms with van der Waals surface area (Å²) in [6.07, 6.45) is -1.92. The fraction of sp³-hybridized carbons (Fsp3) is 0.733. The molecule has 1 aromatic rings. The molecule has 3 rings (SSSR count). The molecule has 0 N–H and O–H groups in total. The topological polar surface area (TPSA) is 53.5 Å². The van der Waals surface area contributed by atoms with Crippen LogP contribution in [0.1, 0.15) is 58.9 Å². The average molecular weight is 295 g/mol. The Labute approximate surface area is 133 Å². The summed E-state index contributed by atoms with van der Waals surface area (Å²) in [5, 5.41) is 0. The van der Waals surface area contributed by atoms with Gasteiger partial charge in [-0.25, -0.2) is 0 Å². The summed E-state index contributed by atoms with van der Waals surface area (Å²) in [4.78, 5) is 8.40. The standard InChI is InChI=1S/C15H23BN2O3/c1-14(2)15(3,4)21-16(20-14)13-10-17-12(9-18-13)11-5-7-19-8-6-11/h9-11H,5-8H2,1-4H3/i5D2,6D2,11D. The Morgan fingerprint density at radius 3 is 2.29 bits per heavy atom. The molecule has 0 radical (unpaired) electrons. The molecule has 0 atom stereocenters. The first kappa shape index (κ1) is 9.92. The molecule has 2 aliphatic rings. The molecule has 0 aliphatic carbocycles. The average Bonchev–Trinajstić information content (AvgIpc) is 2.73. The smallest absolute Gasteiger partial charge is 0.398 e. The maximum absolute atomic E-state index is 8.58. The van der Waals surface area contributed by atoms with Crippen LogP contribution >= 0.6 is 0 Å². The van der Waals surface area contributed by atoms with Crippen LogP contribution in [-0.2, 0) is 14.0 Å². The summed E-state index contributed by atoms with van der Waals surface area (Å²) >= 11 is 0. The second-order valence-electron chi connectivity index (χ2n) is 6.14. The van der Waals surface area contributed by atoms with Gasteiger partial charge in [-0.05, 0) is 40.4 Å². The van der Waals surface area contributed by atoms with Gasteiger partial charge in [-0.3, -0.25) is 9.97 Å². The second-order valence-corrected chi connectivity index (χ2v) is 6.14. The lowest BCUT2D eigenvalue weighted by Crippen LogP contribution is -2.41. The minimum atomic E-state index is -2.25. The highest BCUT2D eigenvalue weighted by Gasteiger charge is 2.52. The highest BCUT2D eigenvalue weighted by atomic mass is 16.7. The van der Waals surface area contributed by atoms with E-state index in [0.717, 1.165) is 0 Å². The molecule has 2 saturated heterocycles. The number of hydrogen-bond acceptors (Lipinski definition) is 5. The van der Waals surface area contributed by atoms with Crippen molar-refractivity contribution in [3.05, 3.63) is 18.1 Å². The molecular weight excluding hydrogens is 267 g/mol. The van der Waals surface area contributed by atoms with Crippen LogP contribution in [0.5, 0.6) is 0 Å². The SMILES string of the molecule is [2H]C1([2H])COCC([2H])([2H])C1([2H])c1cnc(B2OC(C)(C)C(C)(C)O2)cn1. The van der Waals surface area contributed by atoms with E-state index in [1.54, 1.807) is 0 Å². The van der Waals surface area contributed by atoms with Crippen molar-refractivity contribution in [3.63, 3.8) is 0 Å². The highest BCUT2D eigenvalue weighted by Crippen LogP contribution is 2.36. The molecule has 0 spiro atoms. The first-order valence-electron chi connectivity index (χ1n) is 9.49. The van der Waals surface area contributed by atoms with Gasteiger partial charge >= 0.3 is 7.12 Å². The van der Waals surface area contributed by atoms with Gasteiger partial charge in [-0.15, -0.1) is 0 Å². The largest absolute Gasteiger partial charge is 0.516 e.